The van der Waals surface area contributed by atoms with E-state index in [1.807, 2.05) is 43.3 Å². The van der Waals surface area contributed by atoms with E-state index in [-0.39, 0.29) is 12.3 Å². The first-order chi connectivity index (χ1) is 10.9. The molecule has 0 saturated heterocycles. The zero-order valence-electron chi connectivity index (χ0n) is 13.2. The summed E-state index contributed by atoms with van der Waals surface area (Å²) in [4.78, 5) is 29.0. The predicted molar refractivity (Wildman–Crippen MR) is 92.7 cm³/mol. The third-order valence-corrected chi connectivity index (χ3v) is 4.05. The van der Waals surface area contributed by atoms with Crippen LogP contribution in [0.1, 0.15) is 17.7 Å². The number of benzene rings is 1. The Morgan fingerprint density at radius 2 is 1.96 bits per heavy atom. The van der Waals surface area contributed by atoms with Gasteiger partial charge >= 0.3 is 0 Å². The Kier molecular flexibility index (Phi) is 5.70. The minimum absolute atomic E-state index is 0.0879. The van der Waals surface area contributed by atoms with Gasteiger partial charge in [0.25, 0.3) is 0 Å². The lowest BCUT2D eigenvalue weighted by Crippen LogP contribution is -2.14. The second-order valence-corrected chi connectivity index (χ2v) is 6.25. The van der Waals surface area contributed by atoms with Gasteiger partial charge in [0.05, 0.1) is 12.1 Å². The summed E-state index contributed by atoms with van der Waals surface area (Å²) in [5.74, 6) is -0.531. The molecule has 1 aromatic carbocycles. The molecule has 3 N–H and O–H groups in total. The van der Waals surface area contributed by atoms with Gasteiger partial charge in [-0.2, -0.15) is 0 Å². The zero-order valence-corrected chi connectivity index (χ0v) is 14.0. The minimum atomic E-state index is -0.436. The quantitative estimate of drug-likeness (QED) is 0.809. The summed E-state index contributed by atoms with van der Waals surface area (Å²) in [7, 11) is 3.98. The van der Waals surface area contributed by atoms with Gasteiger partial charge in [-0.3, -0.25) is 9.59 Å². The summed E-state index contributed by atoms with van der Waals surface area (Å²) in [6, 6.07) is 8.11. The molecule has 0 aliphatic heterocycles. The Labute approximate surface area is 139 Å². The number of amides is 2. The van der Waals surface area contributed by atoms with Gasteiger partial charge in [-0.05, 0) is 24.1 Å². The Hall–Kier alpha value is -2.41. The number of thiazole rings is 1. The standard InChI is InChI=1S/C16H20N4O2S/c1-20(2)13-6-3-11(4-7-13)5-8-15(22)19-16-18-12(10-23-16)9-14(17)21/h3-4,6-7,10H,5,8-9H2,1-2H3,(H2,17,21)(H,18,19,22). The number of aryl methyl sites for hydroxylation is 1. The summed E-state index contributed by atoms with van der Waals surface area (Å²) in [5, 5.41) is 4.96. The Bertz CT molecular complexity index is 680. The summed E-state index contributed by atoms with van der Waals surface area (Å²) in [5.41, 5.74) is 7.93. The van der Waals surface area contributed by atoms with Crippen molar-refractivity contribution in [3.63, 3.8) is 0 Å². The van der Waals surface area contributed by atoms with Gasteiger partial charge in [-0.1, -0.05) is 12.1 Å². The molecule has 0 aliphatic carbocycles. The van der Waals surface area contributed by atoms with E-state index in [4.69, 9.17) is 5.73 Å². The second-order valence-electron chi connectivity index (χ2n) is 5.40. The van der Waals surface area contributed by atoms with E-state index in [0.717, 1.165) is 11.3 Å². The minimum Gasteiger partial charge on any atom is -0.378 e. The van der Waals surface area contributed by atoms with Crippen LogP contribution in [0.25, 0.3) is 0 Å². The maximum Gasteiger partial charge on any atom is 0.226 e. The normalized spacial score (nSPS) is 10.3. The number of nitrogens with zero attached hydrogens (tertiary/aromatic N) is 2. The number of aromatic nitrogens is 1. The number of nitrogens with one attached hydrogen (secondary N) is 1. The average Bonchev–Trinajstić information content (AvgIpc) is 2.91. The first-order valence-electron chi connectivity index (χ1n) is 7.23. The molecule has 0 bridgehead atoms. The van der Waals surface area contributed by atoms with E-state index >= 15 is 0 Å². The van der Waals surface area contributed by atoms with Gasteiger partial charge in [-0.25, -0.2) is 4.98 Å². The van der Waals surface area contributed by atoms with E-state index < -0.39 is 5.91 Å². The van der Waals surface area contributed by atoms with Gasteiger partial charge in [0.15, 0.2) is 5.13 Å². The maximum absolute atomic E-state index is 11.9. The highest BCUT2D eigenvalue weighted by Crippen LogP contribution is 2.17. The smallest absolute Gasteiger partial charge is 0.226 e. The van der Waals surface area contributed by atoms with Crippen molar-refractivity contribution in [3.8, 4) is 0 Å². The van der Waals surface area contributed by atoms with Gasteiger partial charge in [0.1, 0.15) is 0 Å². The van der Waals surface area contributed by atoms with Crippen LogP contribution in [-0.4, -0.2) is 30.9 Å². The van der Waals surface area contributed by atoms with E-state index in [1.54, 1.807) is 5.38 Å². The molecule has 2 amide bonds. The van der Waals surface area contributed by atoms with Gasteiger partial charge in [0, 0.05) is 31.6 Å². The van der Waals surface area contributed by atoms with Crippen LogP contribution >= 0.6 is 11.3 Å². The molecular weight excluding hydrogens is 312 g/mol. The molecule has 0 radical (unpaired) electrons. The third-order valence-electron chi connectivity index (χ3n) is 3.25. The fourth-order valence-corrected chi connectivity index (χ4v) is 2.75. The van der Waals surface area contributed by atoms with Gasteiger partial charge < -0.3 is 16.0 Å². The van der Waals surface area contributed by atoms with Crippen molar-refractivity contribution in [3.05, 3.63) is 40.9 Å². The lowest BCUT2D eigenvalue weighted by Gasteiger charge is -2.12. The van der Waals surface area contributed by atoms with Crippen LogP contribution < -0.4 is 16.0 Å². The monoisotopic (exact) mass is 332 g/mol. The fraction of sp³-hybridized carbons (Fsp3) is 0.312. The van der Waals surface area contributed by atoms with Crippen molar-refractivity contribution in [2.75, 3.05) is 24.3 Å². The number of hydrogen-bond donors (Lipinski definition) is 2. The van der Waals surface area contributed by atoms with E-state index in [9.17, 15) is 9.59 Å². The molecule has 0 unspecified atom stereocenters. The van der Waals surface area contributed by atoms with Crippen molar-refractivity contribution in [1.82, 2.24) is 4.98 Å². The van der Waals surface area contributed by atoms with Crippen LogP contribution in [0.15, 0.2) is 29.6 Å². The Morgan fingerprint density at radius 1 is 1.26 bits per heavy atom. The highest BCUT2D eigenvalue weighted by atomic mass is 32.1. The summed E-state index contributed by atoms with van der Waals surface area (Å²) in [6.45, 7) is 0. The molecule has 0 atom stereocenters. The van der Waals surface area contributed by atoms with Crippen LogP contribution in [-0.2, 0) is 22.4 Å². The lowest BCUT2D eigenvalue weighted by molar-refractivity contribution is -0.117. The average molecular weight is 332 g/mol. The van der Waals surface area contributed by atoms with Crippen LogP contribution in [0.2, 0.25) is 0 Å². The van der Waals surface area contributed by atoms with Crippen molar-refractivity contribution in [2.45, 2.75) is 19.3 Å². The topological polar surface area (TPSA) is 88.3 Å². The second kappa shape index (κ2) is 7.73. The van der Waals surface area contributed by atoms with Crippen LogP contribution in [0.4, 0.5) is 10.8 Å². The molecule has 23 heavy (non-hydrogen) atoms. The molecule has 7 heteroatoms. The van der Waals surface area contributed by atoms with Crippen molar-refractivity contribution < 1.29 is 9.59 Å². The highest BCUT2D eigenvalue weighted by Gasteiger charge is 2.08. The maximum atomic E-state index is 11.9. The number of anilines is 2. The molecule has 1 aromatic heterocycles. The van der Waals surface area contributed by atoms with Crippen LogP contribution in [0, 0.1) is 0 Å². The van der Waals surface area contributed by atoms with Crippen molar-refractivity contribution in [2.24, 2.45) is 5.73 Å². The molecule has 0 saturated carbocycles. The number of primary amides is 1. The Balaban J connectivity index is 1.82. The molecule has 1 heterocycles. The lowest BCUT2D eigenvalue weighted by atomic mass is 10.1. The third kappa shape index (κ3) is 5.37. The Morgan fingerprint density at radius 3 is 2.57 bits per heavy atom. The van der Waals surface area contributed by atoms with Crippen LogP contribution in [0.5, 0.6) is 0 Å². The molecular formula is C16H20N4O2S. The number of nitrogens with two attached hydrogens (primary N) is 1. The number of rotatable bonds is 7. The number of hydrogen-bond acceptors (Lipinski definition) is 5. The summed E-state index contributed by atoms with van der Waals surface area (Å²) in [6.07, 6.45) is 1.13. The van der Waals surface area contributed by atoms with Crippen LogP contribution in [0.3, 0.4) is 0 Å². The highest BCUT2D eigenvalue weighted by molar-refractivity contribution is 7.13. The zero-order chi connectivity index (χ0) is 16.8. The fourth-order valence-electron chi connectivity index (χ4n) is 2.02. The van der Waals surface area contributed by atoms with E-state index in [1.165, 1.54) is 11.3 Å². The molecule has 6 nitrogen and oxygen atoms in total. The van der Waals surface area contributed by atoms with Crippen molar-refractivity contribution in [1.29, 1.82) is 0 Å². The molecule has 0 spiro atoms. The molecule has 2 rings (SSSR count). The first-order valence-corrected chi connectivity index (χ1v) is 8.11. The molecule has 2 aromatic rings. The molecule has 0 aliphatic rings. The number of carbonyl (C=O) groups is 2. The van der Waals surface area contributed by atoms with E-state index in [2.05, 4.69) is 10.3 Å². The number of carbonyl (C=O) groups excluding carboxylic acids is 2. The van der Waals surface area contributed by atoms with Gasteiger partial charge in [-0.15, -0.1) is 11.3 Å². The van der Waals surface area contributed by atoms with E-state index in [0.29, 0.717) is 23.7 Å². The molecule has 122 valence electrons. The summed E-state index contributed by atoms with van der Waals surface area (Å²) >= 11 is 1.29. The summed E-state index contributed by atoms with van der Waals surface area (Å²) < 4.78 is 0. The predicted octanol–water partition coefficient (Wildman–Crippen LogP) is 1.81. The van der Waals surface area contributed by atoms with Gasteiger partial charge in [0.2, 0.25) is 11.8 Å². The first kappa shape index (κ1) is 17.0. The largest absolute Gasteiger partial charge is 0.378 e. The molecule has 0 fully saturated rings. The SMILES string of the molecule is CN(C)c1ccc(CCC(=O)Nc2nc(CC(N)=O)cs2)cc1. The van der Waals surface area contributed by atoms with Crippen molar-refractivity contribution >= 4 is 34.0 Å².